The Hall–Kier alpha value is -1.79. The van der Waals surface area contributed by atoms with Crippen molar-refractivity contribution >= 4 is 21.6 Å². The van der Waals surface area contributed by atoms with E-state index in [1.807, 2.05) is 12.1 Å². The molecule has 0 bridgehead atoms. The minimum atomic E-state index is -0.388. The first-order valence-electron chi connectivity index (χ1n) is 6.19. The van der Waals surface area contributed by atoms with E-state index in [1.54, 1.807) is 18.3 Å². The van der Waals surface area contributed by atoms with Gasteiger partial charge in [-0.05, 0) is 46.6 Å². The van der Waals surface area contributed by atoms with Crippen LogP contribution in [0.1, 0.15) is 11.3 Å². The van der Waals surface area contributed by atoms with Crippen LogP contribution in [-0.4, -0.2) is 16.5 Å². The monoisotopic (exact) mass is 335 g/mol. The third kappa shape index (κ3) is 4.40. The zero-order chi connectivity index (χ0) is 14.4. The standard InChI is InChI=1S/C14H14BrN3O2/c15-12-3-4-13(17-9-12)10-16-8-7-11-1-5-14(6-2-11)18(19)20/h1-6,9,16H,7-8,10H2. The van der Waals surface area contributed by atoms with Gasteiger partial charge in [-0.2, -0.15) is 0 Å². The van der Waals surface area contributed by atoms with E-state index in [4.69, 9.17) is 0 Å². The molecule has 0 aliphatic rings. The molecule has 1 aromatic carbocycles. The highest BCUT2D eigenvalue weighted by atomic mass is 79.9. The Labute approximate surface area is 125 Å². The zero-order valence-corrected chi connectivity index (χ0v) is 12.3. The lowest BCUT2D eigenvalue weighted by molar-refractivity contribution is -0.384. The SMILES string of the molecule is O=[N+]([O-])c1ccc(CCNCc2ccc(Br)cn2)cc1. The third-order valence-electron chi connectivity index (χ3n) is 2.83. The first-order valence-corrected chi connectivity index (χ1v) is 6.99. The number of rotatable bonds is 6. The van der Waals surface area contributed by atoms with Crippen LogP contribution in [0.5, 0.6) is 0 Å². The fourth-order valence-corrected chi connectivity index (χ4v) is 1.98. The summed E-state index contributed by atoms with van der Waals surface area (Å²) in [5.41, 5.74) is 2.18. The van der Waals surface area contributed by atoms with Crippen molar-refractivity contribution in [3.8, 4) is 0 Å². The molecule has 1 aromatic heterocycles. The van der Waals surface area contributed by atoms with Gasteiger partial charge in [0.1, 0.15) is 0 Å². The van der Waals surface area contributed by atoms with Crippen molar-refractivity contribution in [1.29, 1.82) is 0 Å². The Balaban J connectivity index is 1.75. The van der Waals surface area contributed by atoms with Crippen LogP contribution in [0.3, 0.4) is 0 Å². The Bertz CT molecular complexity index is 570. The molecule has 1 heterocycles. The number of non-ortho nitro benzene ring substituents is 1. The highest BCUT2D eigenvalue weighted by Crippen LogP contribution is 2.12. The van der Waals surface area contributed by atoms with E-state index >= 15 is 0 Å². The molecule has 2 rings (SSSR count). The molecule has 0 fully saturated rings. The molecule has 0 radical (unpaired) electrons. The maximum Gasteiger partial charge on any atom is 0.269 e. The van der Waals surface area contributed by atoms with Gasteiger partial charge in [-0.3, -0.25) is 15.1 Å². The van der Waals surface area contributed by atoms with E-state index < -0.39 is 0 Å². The van der Waals surface area contributed by atoms with Gasteiger partial charge in [-0.15, -0.1) is 0 Å². The summed E-state index contributed by atoms with van der Waals surface area (Å²) in [5.74, 6) is 0. The summed E-state index contributed by atoms with van der Waals surface area (Å²) < 4.78 is 0.965. The second-order valence-electron chi connectivity index (χ2n) is 4.32. The van der Waals surface area contributed by atoms with E-state index in [0.717, 1.165) is 28.7 Å². The third-order valence-corrected chi connectivity index (χ3v) is 3.30. The summed E-state index contributed by atoms with van der Waals surface area (Å²) in [6, 6.07) is 10.6. The normalized spacial score (nSPS) is 10.4. The highest BCUT2D eigenvalue weighted by Gasteiger charge is 2.03. The first-order chi connectivity index (χ1) is 9.65. The molecule has 0 atom stereocenters. The van der Waals surface area contributed by atoms with Crippen molar-refractivity contribution in [3.63, 3.8) is 0 Å². The maximum atomic E-state index is 10.5. The first kappa shape index (κ1) is 14.6. The van der Waals surface area contributed by atoms with Crippen molar-refractivity contribution in [2.75, 3.05) is 6.54 Å². The molecule has 0 amide bonds. The fraction of sp³-hybridized carbons (Fsp3) is 0.214. The number of pyridine rings is 1. The topological polar surface area (TPSA) is 68.1 Å². The van der Waals surface area contributed by atoms with E-state index in [-0.39, 0.29) is 10.6 Å². The van der Waals surface area contributed by atoms with E-state index in [0.29, 0.717) is 6.54 Å². The van der Waals surface area contributed by atoms with E-state index in [2.05, 4.69) is 26.2 Å². The smallest absolute Gasteiger partial charge is 0.269 e. The van der Waals surface area contributed by atoms with Crippen molar-refractivity contribution in [3.05, 3.63) is 68.4 Å². The number of nitro benzene ring substituents is 1. The van der Waals surface area contributed by atoms with Gasteiger partial charge in [0.05, 0.1) is 10.6 Å². The number of nitrogens with zero attached hydrogens (tertiary/aromatic N) is 2. The molecule has 0 unspecified atom stereocenters. The van der Waals surface area contributed by atoms with Crippen LogP contribution >= 0.6 is 15.9 Å². The van der Waals surface area contributed by atoms with Gasteiger partial charge in [0, 0.05) is 29.3 Å². The van der Waals surface area contributed by atoms with Gasteiger partial charge >= 0.3 is 0 Å². The molecule has 104 valence electrons. The molecule has 1 N–H and O–H groups in total. The van der Waals surface area contributed by atoms with Gasteiger partial charge < -0.3 is 5.32 Å². The Kier molecular flexibility index (Phi) is 5.20. The van der Waals surface area contributed by atoms with Gasteiger partial charge in [0.15, 0.2) is 0 Å². The summed E-state index contributed by atoms with van der Waals surface area (Å²) in [4.78, 5) is 14.4. The summed E-state index contributed by atoms with van der Waals surface area (Å²) in [7, 11) is 0. The number of benzene rings is 1. The predicted octanol–water partition coefficient (Wildman–Crippen LogP) is 3.08. The van der Waals surface area contributed by atoms with Crippen LogP contribution < -0.4 is 5.32 Å². The Morgan fingerprint density at radius 3 is 2.55 bits per heavy atom. The molecule has 2 aromatic rings. The van der Waals surface area contributed by atoms with Crippen LogP contribution in [0.25, 0.3) is 0 Å². The molecule has 0 aliphatic carbocycles. The number of hydrogen-bond acceptors (Lipinski definition) is 4. The number of halogens is 1. The fourth-order valence-electron chi connectivity index (χ4n) is 1.74. The number of hydrogen-bond donors (Lipinski definition) is 1. The summed E-state index contributed by atoms with van der Waals surface area (Å²) in [6.45, 7) is 1.51. The Morgan fingerprint density at radius 2 is 1.95 bits per heavy atom. The predicted molar refractivity (Wildman–Crippen MR) is 80.4 cm³/mol. The molecule has 0 spiro atoms. The largest absolute Gasteiger partial charge is 0.311 e. The molecular formula is C14H14BrN3O2. The highest BCUT2D eigenvalue weighted by molar-refractivity contribution is 9.10. The average molecular weight is 336 g/mol. The summed E-state index contributed by atoms with van der Waals surface area (Å²) in [5, 5.41) is 13.8. The van der Waals surface area contributed by atoms with Crippen LogP contribution in [0.2, 0.25) is 0 Å². The van der Waals surface area contributed by atoms with Crippen molar-refractivity contribution in [1.82, 2.24) is 10.3 Å². The number of nitro groups is 1. The number of nitrogens with one attached hydrogen (secondary N) is 1. The zero-order valence-electron chi connectivity index (χ0n) is 10.8. The average Bonchev–Trinajstić information content (AvgIpc) is 2.46. The summed E-state index contributed by atoms with van der Waals surface area (Å²) in [6.07, 6.45) is 2.60. The quantitative estimate of drug-likeness (QED) is 0.500. The van der Waals surface area contributed by atoms with Crippen LogP contribution in [0, 0.1) is 10.1 Å². The maximum absolute atomic E-state index is 10.5. The molecule has 5 nitrogen and oxygen atoms in total. The van der Waals surface area contributed by atoms with Crippen molar-refractivity contribution in [2.24, 2.45) is 0 Å². The second kappa shape index (κ2) is 7.12. The second-order valence-corrected chi connectivity index (χ2v) is 5.23. The molecular weight excluding hydrogens is 322 g/mol. The summed E-state index contributed by atoms with van der Waals surface area (Å²) >= 11 is 3.34. The van der Waals surface area contributed by atoms with Gasteiger partial charge in [0.25, 0.3) is 5.69 Å². The molecule has 20 heavy (non-hydrogen) atoms. The lowest BCUT2D eigenvalue weighted by atomic mass is 10.1. The van der Waals surface area contributed by atoms with Crippen molar-refractivity contribution < 1.29 is 4.92 Å². The molecule has 0 aliphatic heterocycles. The minimum absolute atomic E-state index is 0.126. The van der Waals surface area contributed by atoms with E-state index in [1.165, 1.54) is 12.1 Å². The van der Waals surface area contributed by atoms with Crippen molar-refractivity contribution in [2.45, 2.75) is 13.0 Å². The van der Waals surface area contributed by atoms with Gasteiger partial charge in [0.2, 0.25) is 0 Å². The van der Waals surface area contributed by atoms with Crippen LogP contribution in [0.15, 0.2) is 47.1 Å². The van der Waals surface area contributed by atoms with Crippen LogP contribution in [0.4, 0.5) is 5.69 Å². The van der Waals surface area contributed by atoms with E-state index in [9.17, 15) is 10.1 Å². The number of aromatic nitrogens is 1. The molecule has 0 saturated heterocycles. The lowest BCUT2D eigenvalue weighted by Crippen LogP contribution is -2.17. The lowest BCUT2D eigenvalue weighted by Gasteiger charge is -2.04. The van der Waals surface area contributed by atoms with Gasteiger partial charge in [-0.1, -0.05) is 12.1 Å². The Morgan fingerprint density at radius 1 is 1.20 bits per heavy atom. The molecule has 6 heteroatoms. The van der Waals surface area contributed by atoms with Crippen LogP contribution in [-0.2, 0) is 13.0 Å². The van der Waals surface area contributed by atoms with Gasteiger partial charge in [-0.25, -0.2) is 0 Å². The minimum Gasteiger partial charge on any atom is -0.311 e. The molecule has 0 saturated carbocycles.